The van der Waals surface area contributed by atoms with Gasteiger partial charge in [-0.15, -0.1) is 0 Å². The average Bonchev–Trinajstić information content (AvgIpc) is 2.59. The van der Waals surface area contributed by atoms with Crippen LogP contribution in [0.2, 0.25) is 0 Å². The number of ether oxygens (including phenoxy) is 1. The fourth-order valence-corrected chi connectivity index (χ4v) is 1.12. The highest BCUT2D eigenvalue weighted by atomic mass is 16.5. The third-order valence-corrected chi connectivity index (χ3v) is 1.81. The third-order valence-electron chi connectivity index (χ3n) is 1.81. The molecule has 5 heteroatoms. The first kappa shape index (κ1) is 8.00. The molecule has 0 fully saturated rings. The number of fused-ring (bicyclic) bond motifs is 1. The quantitative estimate of drug-likeness (QED) is 0.716. The molecule has 5 nitrogen and oxygen atoms in total. The van der Waals surface area contributed by atoms with E-state index in [1.165, 1.54) is 0 Å². The van der Waals surface area contributed by atoms with Crippen molar-refractivity contribution in [2.75, 3.05) is 7.11 Å². The van der Waals surface area contributed by atoms with Gasteiger partial charge in [-0.3, -0.25) is 0 Å². The number of methoxy groups -OCH3 is 1. The number of nitrogens with zero attached hydrogens (tertiary/aromatic N) is 3. The summed E-state index contributed by atoms with van der Waals surface area (Å²) in [6.45, 7) is -0.0527. The van der Waals surface area contributed by atoms with Crippen LogP contribution in [-0.4, -0.2) is 26.8 Å². The van der Waals surface area contributed by atoms with Gasteiger partial charge >= 0.3 is 0 Å². The van der Waals surface area contributed by atoms with Gasteiger partial charge < -0.3 is 9.84 Å². The number of aliphatic hydroxyl groups is 1. The van der Waals surface area contributed by atoms with Crippen LogP contribution in [0.15, 0.2) is 18.6 Å². The first-order chi connectivity index (χ1) is 6.35. The summed E-state index contributed by atoms with van der Waals surface area (Å²) in [5.74, 6) is 0.639. The maximum Gasteiger partial charge on any atom is 0.160 e. The molecular formula is C8H9N3O2. The van der Waals surface area contributed by atoms with Crippen LogP contribution < -0.4 is 4.74 Å². The highest BCUT2D eigenvalue weighted by Crippen LogP contribution is 2.12. The van der Waals surface area contributed by atoms with Crippen molar-refractivity contribution in [1.29, 1.82) is 0 Å². The van der Waals surface area contributed by atoms with Crippen molar-refractivity contribution in [3.63, 3.8) is 0 Å². The van der Waals surface area contributed by atoms with Crippen molar-refractivity contribution < 1.29 is 9.84 Å². The van der Waals surface area contributed by atoms with Crippen molar-refractivity contribution in [3.8, 4) is 5.75 Å². The van der Waals surface area contributed by atoms with E-state index in [-0.39, 0.29) is 6.61 Å². The molecule has 2 aromatic rings. The molecule has 2 rings (SSSR count). The molecule has 0 aromatic carbocycles. The summed E-state index contributed by atoms with van der Waals surface area (Å²) in [6, 6.07) is 0. The van der Waals surface area contributed by atoms with Crippen molar-refractivity contribution in [3.05, 3.63) is 24.2 Å². The number of hydrogen-bond acceptors (Lipinski definition) is 4. The number of rotatable bonds is 2. The van der Waals surface area contributed by atoms with E-state index in [2.05, 4.69) is 10.1 Å². The first-order valence-electron chi connectivity index (χ1n) is 3.82. The Labute approximate surface area is 74.6 Å². The standard InChI is InChI=1S/C8H9N3O2/c1-13-7-3-9-8-6(5-12)2-10-11(8)4-7/h2-4,12H,5H2,1H3. The van der Waals surface area contributed by atoms with Crippen molar-refractivity contribution in [2.24, 2.45) is 0 Å². The van der Waals surface area contributed by atoms with Crippen molar-refractivity contribution >= 4 is 5.65 Å². The smallest absolute Gasteiger partial charge is 0.160 e. The van der Waals surface area contributed by atoms with E-state index in [1.54, 1.807) is 30.2 Å². The molecule has 1 N–H and O–H groups in total. The molecule has 0 unspecified atom stereocenters. The van der Waals surface area contributed by atoms with E-state index in [0.717, 1.165) is 0 Å². The molecule has 0 aliphatic heterocycles. The predicted molar refractivity (Wildman–Crippen MR) is 45.5 cm³/mol. The van der Waals surface area contributed by atoms with E-state index in [4.69, 9.17) is 9.84 Å². The highest BCUT2D eigenvalue weighted by Gasteiger charge is 2.04. The summed E-state index contributed by atoms with van der Waals surface area (Å²) in [5.41, 5.74) is 1.37. The van der Waals surface area contributed by atoms with Crippen LogP contribution in [0.3, 0.4) is 0 Å². The van der Waals surface area contributed by atoms with Gasteiger partial charge in [-0.2, -0.15) is 5.10 Å². The van der Waals surface area contributed by atoms with E-state index in [0.29, 0.717) is 17.0 Å². The zero-order valence-corrected chi connectivity index (χ0v) is 7.14. The largest absolute Gasteiger partial charge is 0.494 e. The van der Waals surface area contributed by atoms with Crippen LogP contribution in [-0.2, 0) is 6.61 Å². The van der Waals surface area contributed by atoms with Gasteiger partial charge in [0.05, 0.1) is 32.3 Å². The monoisotopic (exact) mass is 179 g/mol. The van der Waals surface area contributed by atoms with E-state index in [9.17, 15) is 0 Å². The van der Waals surface area contributed by atoms with Crippen LogP contribution in [0, 0.1) is 0 Å². The topological polar surface area (TPSA) is 59.7 Å². The third kappa shape index (κ3) is 1.23. The van der Waals surface area contributed by atoms with Crippen LogP contribution in [0.5, 0.6) is 5.75 Å². The molecule has 68 valence electrons. The summed E-state index contributed by atoms with van der Waals surface area (Å²) in [4.78, 5) is 4.10. The van der Waals surface area contributed by atoms with Crippen LogP contribution >= 0.6 is 0 Å². The summed E-state index contributed by atoms with van der Waals surface area (Å²) in [5, 5.41) is 12.9. The van der Waals surface area contributed by atoms with Gasteiger partial charge in [0, 0.05) is 5.56 Å². The molecule has 2 aromatic heterocycles. The van der Waals surface area contributed by atoms with Crippen LogP contribution in [0.4, 0.5) is 0 Å². The molecule has 0 bridgehead atoms. The van der Waals surface area contributed by atoms with E-state index >= 15 is 0 Å². The molecule has 0 saturated heterocycles. The minimum absolute atomic E-state index is 0.0527. The second-order valence-corrected chi connectivity index (χ2v) is 2.59. The number of aliphatic hydroxyl groups excluding tert-OH is 1. The maximum absolute atomic E-state index is 8.93. The second-order valence-electron chi connectivity index (χ2n) is 2.59. The van der Waals surface area contributed by atoms with Gasteiger partial charge in [0.1, 0.15) is 0 Å². The van der Waals surface area contributed by atoms with Gasteiger partial charge in [0.15, 0.2) is 11.4 Å². The summed E-state index contributed by atoms with van der Waals surface area (Å²) in [6.07, 6.45) is 4.89. The molecule has 13 heavy (non-hydrogen) atoms. The van der Waals surface area contributed by atoms with Crippen molar-refractivity contribution in [1.82, 2.24) is 14.6 Å². The average molecular weight is 179 g/mol. The molecule has 0 aliphatic carbocycles. The van der Waals surface area contributed by atoms with Gasteiger partial charge in [0.2, 0.25) is 0 Å². The Bertz CT molecular complexity index is 424. The number of hydrogen-bond donors (Lipinski definition) is 1. The van der Waals surface area contributed by atoms with E-state index in [1.807, 2.05) is 0 Å². The lowest BCUT2D eigenvalue weighted by Crippen LogP contribution is -1.93. The molecule has 0 radical (unpaired) electrons. The molecule has 0 aliphatic rings. The summed E-state index contributed by atoms with van der Waals surface area (Å²) < 4.78 is 6.55. The Balaban J connectivity index is 2.61. The zero-order valence-electron chi connectivity index (χ0n) is 7.14. The van der Waals surface area contributed by atoms with E-state index < -0.39 is 0 Å². The fourth-order valence-electron chi connectivity index (χ4n) is 1.12. The zero-order chi connectivity index (χ0) is 9.26. The Morgan fingerprint density at radius 3 is 3.08 bits per heavy atom. The minimum atomic E-state index is -0.0527. The lowest BCUT2D eigenvalue weighted by Gasteiger charge is -1.99. The molecule has 0 amide bonds. The Morgan fingerprint density at radius 1 is 1.54 bits per heavy atom. The van der Waals surface area contributed by atoms with Gasteiger partial charge in [-0.25, -0.2) is 9.50 Å². The molecule has 0 saturated carbocycles. The number of aromatic nitrogens is 3. The molecular weight excluding hydrogens is 170 g/mol. The molecule has 0 atom stereocenters. The van der Waals surface area contributed by atoms with Gasteiger partial charge in [-0.05, 0) is 0 Å². The summed E-state index contributed by atoms with van der Waals surface area (Å²) in [7, 11) is 1.57. The SMILES string of the molecule is COc1cnc2c(CO)cnn2c1. The minimum Gasteiger partial charge on any atom is -0.494 e. The second kappa shape index (κ2) is 3.02. The fraction of sp³-hybridized carbons (Fsp3) is 0.250. The molecule has 0 spiro atoms. The lowest BCUT2D eigenvalue weighted by molar-refractivity contribution is 0.283. The first-order valence-corrected chi connectivity index (χ1v) is 3.82. The van der Waals surface area contributed by atoms with Gasteiger partial charge in [-0.1, -0.05) is 0 Å². The Kier molecular flexibility index (Phi) is 1.86. The van der Waals surface area contributed by atoms with Crippen molar-refractivity contribution in [2.45, 2.75) is 6.61 Å². The van der Waals surface area contributed by atoms with Gasteiger partial charge in [0.25, 0.3) is 0 Å². The van der Waals surface area contributed by atoms with Crippen LogP contribution in [0.1, 0.15) is 5.56 Å². The maximum atomic E-state index is 8.93. The van der Waals surface area contributed by atoms with Crippen LogP contribution in [0.25, 0.3) is 5.65 Å². The predicted octanol–water partition coefficient (Wildman–Crippen LogP) is 0.230. The molecule has 2 heterocycles. The highest BCUT2D eigenvalue weighted by molar-refractivity contribution is 5.46. The Morgan fingerprint density at radius 2 is 2.38 bits per heavy atom. The Hall–Kier alpha value is -1.62. The lowest BCUT2D eigenvalue weighted by atomic mass is 10.4. The summed E-state index contributed by atoms with van der Waals surface area (Å²) >= 11 is 0. The normalized spacial score (nSPS) is 10.6.